The minimum atomic E-state index is 0.167. The van der Waals surface area contributed by atoms with Gasteiger partial charge in [-0.25, -0.2) is 0 Å². The summed E-state index contributed by atoms with van der Waals surface area (Å²) in [7, 11) is 0. The summed E-state index contributed by atoms with van der Waals surface area (Å²) in [6, 6.07) is 15.5. The Morgan fingerprint density at radius 2 is 1.92 bits per heavy atom. The van der Waals surface area contributed by atoms with E-state index in [2.05, 4.69) is 66.9 Å². The summed E-state index contributed by atoms with van der Waals surface area (Å²) < 4.78 is 0. The fourth-order valence-electron chi connectivity index (χ4n) is 3.85. The van der Waals surface area contributed by atoms with Crippen molar-refractivity contribution < 1.29 is 10.1 Å². The third-order valence-electron chi connectivity index (χ3n) is 5.43. The first-order valence-corrected chi connectivity index (χ1v) is 9.25. The van der Waals surface area contributed by atoms with Gasteiger partial charge in [-0.2, -0.15) is 0 Å². The topological polar surface area (TPSA) is 45.7 Å². The summed E-state index contributed by atoms with van der Waals surface area (Å²) in [5, 5.41) is 7.93. The number of hydrogen-bond donors (Lipinski definition) is 2. The second kappa shape index (κ2) is 7.80. The van der Waals surface area contributed by atoms with Crippen LogP contribution in [0.15, 0.2) is 42.5 Å². The lowest BCUT2D eigenvalue weighted by molar-refractivity contribution is -0.682. The maximum atomic E-state index is 12.3. The minimum Gasteiger partial charge on any atom is -0.348 e. The number of carbonyl (C=O) groups excluding carboxylic acids is 1. The van der Waals surface area contributed by atoms with Crippen LogP contribution in [-0.2, 0) is 4.79 Å². The molecule has 24 heavy (non-hydrogen) atoms. The van der Waals surface area contributed by atoms with Crippen LogP contribution in [-0.4, -0.2) is 18.5 Å². The molecule has 1 saturated carbocycles. The van der Waals surface area contributed by atoms with Crippen LogP contribution in [0.2, 0.25) is 0 Å². The molecule has 0 aliphatic heterocycles. The Balaban J connectivity index is 1.58. The van der Waals surface area contributed by atoms with Crippen LogP contribution in [0.5, 0.6) is 0 Å². The molecule has 128 valence electrons. The van der Waals surface area contributed by atoms with Gasteiger partial charge in [0.25, 0.3) is 5.91 Å². The molecule has 3 heteroatoms. The largest absolute Gasteiger partial charge is 0.348 e. The minimum absolute atomic E-state index is 0.167. The molecule has 0 spiro atoms. The van der Waals surface area contributed by atoms with E-state index in [9.17, 15) is 4.79 Å². The monoisotopic (exact) mass is 325 g/mol. The molecule has 3 nitrogen and oxygen atoms in total. The number of carbonyl (C=O) groups is 1. The number of quaternary nitrogens is 1. The van der Waals surface area contributed by atoms with E-state index in [0.717, 1.165) is 6.42 Å². The molecule has 2 aromatic rings. The third kappa shape index (κ3) is 3.96. The highest BCUT2D eigenvalue weighted by molar-refractivity contribution is 5.86. The number of rotatable bonds is 5. The normalized spacial score (nSPS) is 22.2. The van der Waals surface area contributed by atoms with Gasteiger partial charge in [0.15, 0.2) is 6.54 Å². The van der Waals surface area contributed by atoms with E-state index < -0.39 is 0 Å². The molecule has 1 amide bonds. The molecule has 3 rings (SSSR count). The summed E-state index contributed by atoms with van der Waals surface area (Å²) in [5.74, 6) is 0.777. The van der Waals surface area contributed by atoms with Crippen LogP contribution < -0.4 is 10.6 Å². The molecule has 0 radical (unpaired) electrons. The van der Waals surface area contributed by atoms with Crippen molar-refractivity contribution in [2.45, 2.75) is 51.6 Å². The molecule has 0 saturated heterocycles. The van der Waals surface area contributed by atoms with Gasteiger partial charge >= 0.3 is 0 Å². The molecule has 0 unspecified atom stereocenters. The van der Waals surface area contributed by atoms with Gasteiger partial charge in [-0.05, 0) is 36.5 Å². The predicted octanol–water partition coefficient (Wildman–Crippen LogP) is 3.16. The zero-order valence-corrected chi connectivity index (χ0v) is 14.8. The molecule has 0 bridgehead atoms. The lowest BCUT2D eigenvalue weighted by Gasteiger charge is -2.29. The van der Waals surface area contributed by atoms with Gasteiger partial charge < -0.3 is 10.6 Å². The molecule has 1 aliphatic carbocycles. The van der Waals surface area contributed by atoms with E-state index in [-0.39, 0.29) is 11.9 Å². The van der Waals surface area contributed by atoms with Gasteiger partial charge in [-0.3, -0.25) is 4.79 Å². The van der Waals surface area contributed by atoms with Gasteiger partial charge in [-0.1, -0.05) is 62.2 Å². The van der Waals surface area contributed by atoms with Gasteiger partial charge in [0.2, 0.25) is 0 Å². The first-order valence-electron chi connectivity index (χ1n) is 9.25. The van der Waals surface area contributed by atoms with E-state index in [1.165, 1.54) is 35.6 Å². The number of amides is 1. The third-order valence-corrected chi connectivity index (χ3v) is 5.43. The highest BCUT2D eigenvalue weighted by atomic mass is 16.2. The highest BCUT2D eigenvalue weighted by Crippen LogP contribution is 2.24. The molecule has 3 N–H and O–H groups in total. The van der Waals surface area contributed by atoms with Crippen molar-refractivity contribution in [1.29, 1.82) is 0 Å². The molecular weight excluding hydrogens is 296 g/mol. The molecular formula is C21H29N2O+. The maximum Gasteiger partial charge on any atom is 0.275 e. The van der Waals surface area contributed by atoms with Crippen LogP contribution in [0.1, 0.15) is 51.1 Å². The first kappa shape index (κ1) is 17.0. The zero-order chi connectivity index (χ0) is 16.9. The summed E-state index contributed by atoms with van der Waals surface area (Å²) in [4.78, 5) is 12.3. The second-order valence-electron chi connectivity index (χ2n) is 7.23. The molecule has 3 atom stereocenters. The Labute approximate surface area is 144 Å². The first-order chi connectivity index (χ1) is 11.6. The van der Waals surface area contributed by atoms with Crippen LogP contribution in [0, 0.1) is 5.92 Å². The Hall–Kier alpha value is -1.87. The quantitative estimate of drug-likeness (QED) is 0.871. The Kier molecular flexibility index (Phi) is 5.52. The summed E-state index contributed by atoms with van der Waals surface area (Å²) in [6.45, 7) is 4.93. The molecule has 1 fully saturated rings. The smallest absolute Gasteiger partial charge is 0.275 e. The van der Waals surface area contributed by atoms with Crippen LogP contribution >= 0.6 is 0 Å². The fourth-order valence-corrected chi connectivity index (χ4v) is 3.85. The number of nitrogens with two attached hydrogens (primary N) is 1. The van der Waals surface area contributed by atoms with E-state index >= 15 is 0 Å². The molecule has 2 aromatic carbocycles. The van der Waals surface area contributed by atoms with Gasteiger partial charge in [0, 0.05) is 11.6 Å². The number of nitrogens with one attached hydrogen (secondary N) is 1. The predicted molar refractivity (Wildman–Crippen MR) is 98.7 cm³/mol. The SMILES string of the molecule is C[C@H]([NH2+]CC(=O)N[C@@H]1CCCC[C@H]1C)c1cccc2ccccc12. The summed E-state index contributed by atoms with van der Waals surface area (Å²) >= 11 is 0. The van der Waals surface area contributed by atoms with Crippen molar-refractivity contribution in [3.63, 3.8) is 0 Å². The van der Waals surface area contributed by atoms with Crippen LogP contribution in [0.25, 0.3) is 10.8 Å². The maximum absolute atomic E-state index is 12.3. The second-order valence-corrected chi connectivity index (χ2v) is 7.23. The van der Waals surface area contributed by atoms with Crippen LogP contribution in [0.4, 0.5) is 0 Å². The zero-order valence-electron chi connectivity index (χ0n) is 14.8. The van der Waals surface area contributed by atoms with Crippen molar-refractivity contribution in [2.75, 3.05) is 6.54 Å². The number of fused-ring (bicyclic) bond motifs is 1. The summed E-state index contributed by atoms with van der Waals surface area (Å²) in [5.41, 5.74) is 1.30. The molecule has 0 aromatic heterocycles. The van der Waals surface area contributed by atoms with Crippen molar-refractivity contribution >= 4 is 16.7 Å². The average Bonchev–Trinajstić information content (AvgIpc) is 2.61. The summed E-state index contributed by atoms with van der Waals surface area (Å²) in [6.07, 6.45) is 4.91. The van der Waals surface area contributed by atoms with Gasteiger partial charge in [0.05, 0.1) is 0 Å². The van der Waals surface area contributed by atoms with Crippen molar-refractivity contribution in [2.24, 2.45) is 5.92 Å². The van der Waals surface area contributed by atoms with Gasteiger partial charge in [-0.15, -0.1) is 0 Å². The lowest BCUT2D eigenvalue weighted by atomic mass is 9.86. The Morgan fingerprint density at radius 3 is 2.75 bits per heavy atom. The van der Waals surface area contributed by atoms with Crippen molar-refractivity contribution in [3.05, 3.63) is 48.0 Å². The van der Waals surface area contributed by atoms with E-state index in [1.54, 1.807) is 0 Å². The van der Waals surface area contributed by atoms with Crippen LogP contribution in [0.3, 0.4) is 0 Å². The average molecular weight is 325 g/mol. The Bertz CT molecular complexity index is 692. The Morgan fingerprint density at radius 1 is 1.17 bits per heavy atom. The van der Waals surface area contributed by atoms with Gasteiger partial charge in [0.1, 0.15) is 6.04 Å². The van der Waals surface area contributed by atoms with E-state index in [0.29, 0.717) is 18.5 Å². The number of hydrogen-bond acceptors (Lipinski definition) is 1. The molecule has 0 heterocycles. The highest BCUT2D eigenvalue weighted by Gasteiger charge is 2.23. The fraction of sp³-hybridized carbons (Fsp3) is 0.476. The van der Waals surface area contributed by atoms with E-state index in [4.69, 9.17) is 0 Å². The lowest BCUT2D eigenvalue weighted by Crippen LogP contribution is -2.87. The van der Waals surface area contributed by atoms with E-state index in [1.807, 2.05) is 0 Å². The molecule has 1 aliphatic rings. The standard InChI is InChI=1S/C21H28N2O/c1-15-8-3-6-13-20(15)23-21(24)14-22-16(2)18-12-7-10-17-9-4-5-11-19(17)18/h4-5,7,9-12,15-16,20,22H,3,6,8,13-14H2,1-2H3,(H,23,24)/p+1/t15-,16+,20-/m1/s1. The van der Waals surface area contributed by atoms with Crippen molar-refractivity contribution in [3.8, 4) is 0 Å². The van der Waals surface area contributed by atoms with Crippen molar-refractivity contribution in [1.82, 2.24) is 5.32 Å². The number of benzene rings is 2.